The molecular formula is C6H8N2O3S2. The number of sulfonamides is 1. The van der Waals surface area contributed by atoms with Crippen LogP contribution in [0.3, 0.4) is 0 Å². The minimum Gasteiger partial charge on any atom is -0.363 e. The zero-order valence-electron chi connectivity index (χ0n) is 6.71. The number of nitrogens with zero attached hydrogens (tertiary/aromatic N) is 2. The van der Waals surface area contributed by atoms with Crippen molar-refractivity contribution >= 4 is 21.8 Å². The molecule has 13 heavy (non-hydrogen) atoms. The minimum atomic E-state index is -3.34. The third-order valence-corrected chi connectivity index (χ3v) is 4.69. The average Bonchev–Trinajstić information content (AvgIpc) is 2.78. The topological polar surface area (TPSA) is 63.4 Å². The van der Waals surface area contributed by atoms with Gasteiger partial charge in [0.1, 0.15) is 11.2 Å². The summed E-state index contributed by atoms with van der Waals surface area (Å²) in [7, 11) is -3.34. The second-order valence-corrected chi connectivity index (χ2v) is 5.59. The van der Waals surface area contributed by atoms with Gasteiger partial charge >= 0.3 is 0 Å². The molecule has 72 valence electrons. The fraction of sp³-hybridized carbons (Fsp3) is 0.500. The molecule has 1 saturated heterocycles. The van der Waals surface area contributed by atoms with E-state index in [9.17, 15) is 8.42 Å². The van der Waals surface area contributed by atoms with E-state index in [1.54, 1.807) is 11.8 Å². The summed E-state index contributed by atoms with van der Waals surface area (Å²) in [4.78, 5) is 0.134. The summed E-state index contributed by atoms with van der Waals surface area (Å²) in [5, 5.41) is 3.37. The van der Waals surface area contributed by atoms with Crippen LogP contribution in [0.2, 0.25) is 0 Å². The maximum Gasteiger partial charge on any atom is 0.248 e. The summed E-state index contributed by atoms with van der Waals surface area (Å²) in [6.45, 7) is 0.568. The largest absolute Gasteiger partial charge is 0.363 e. The molecule has 0 spiro atoms. The molecule has 1 aromatic heterocycles. The highest BCUT2D eigenvalue weighted by Gasteiger charge is 2.28. The van der Waals surface area contributed by atoms with Crippen LogP contribution in [-0.4, -0.2) is 36.1 Å². The predicted molar refractivity (Wildman–Crippen MR) is 47.7 cm³/mol. The van der Waals surface area contributed by atoms with Gasteiger partial charge in [0, 0.05) is 12.3 Å². The van der Waals surface area contributed by atoms with Crippen molar-refractivity contribution in [3.63, 3.8) is 0 Å². The van der Waals surface area contributed by atoms with Gasteiger partial charge in [0.15, 0.2) is 0 Å². The van der Waals surface area contributed by atoms with Crippen LogP contribution in [0, 0.1) is 0 Å². The molecule has 1 aliphatic heterocycles. The van der Waals surface area contributed by atoms with Crippen LogP contribution >= 0.6 is 11.8 Å². The van der Waals surface area contributed by atoms with E-state index in [0.29, 0.717) is 12.4 Å². The third-order valence-electron chi connectivity index (χ3n) is 1.77. The number of aromatic nitrogens is 1. The minimum absolute atomic E-state index is 0.134. The van der Waals surface area contributed by atoms with Crippen LogP contribution in [0.5, 0.6) is 0 Å². The molecule has 0 radical (unpaired) electrons. The van der Waals surface area contributed by atoms with E-state index in [0.717, 1.165) is 12.0 Å². The fourth-order valence-corrected chi connectivity index (χ4v) is 3.73. The van der Waals surface area contributed by atoms with E-state index in [-0.39, 0.29) is 4.90 Å². The Kier molecular flexibility index (Phi) is 2.31. The first kappa shape index (κ1) is 9.04. The van der Waals surface area contributed by atoms with Gasteiger partial charge in [-0.05, 0) is 0 Å². The molecule has 0 atom stereocenters. The Balaban J connectivity index is 2.30. The Labute approximate surface area is 80.1 Å². The van der Waals surface area contributed by atoms with Gasteiger partial charge in [-0.25, -0.2) is 8.42 Å². The normalized spacial score (nSPS) is 19.4. The number of hydrogen-bond acceptors (Lipinski definition) is 5. The van der Waals surface area contributed by atoms with E-state index >= 15 is 0 Å². The second kappa shape index (κ2) is 3.32. The van der Waals surface area contributed by atoms with Gasteiger partial charge in [-0.2, -0.15) is 4.31 Å². The van der Waals surface area contributed by atoms with Crippen LogP contribution in [0.15, 0.2) is 21.9 Å². The second-order valence-electron chi connectivity index (χ2n) is 2.58. The summed E-state index contributed by atoms with van der Waals surface area (Å²) < 4.78 is 29.3. The maximum atomic E-state index is 11.7. The van der Waals surface area contributed by atoms with Crippen LogP contribution in [0.1, 0.15) is 0 Å². The molecule has 1 aromatic rings. The van der Waals surface area contributed by atoms with E-state index < -0.39 is 10.0 Å². The molecule has 0 amide bonds. The zero-order chi connectivity index (χ0) is 9.31. The molecule has 0 aliphatic carbocycles. The molecule has 0 bridgehead atoms. The highest BCUT2D eigenvalue weighted by atomic mass is 32.2. The van der Waals surface area contributed by atoms with Crippen molar-refractivity contribution in [3.05, 3.63) is 12.5 Å². The van der Waals surface area contributed by atoms with Gasteiger partial charge in [0.05, 0.1) is 12.1 Å². The Morgan fingerprint density at radius 2 is 2.46 bits per heavy atom. The lowest BCUT2D eigenvalue weighted by Gasteiger charge is -2.11. The van der Waals surface area contributed by atoms with E-state index in [4.69, 9.17) is 0 Å². The van der Waals surface area contributed by atoms with Gasteiger partial charge in [-0.1, -0.05) is 5.16 Å². The van der Waals surface area contributed by atoms with Gasteiger partial charge in [-0.15, -0.1) is 11.8 Å². The number of rotatable bonds is 2. The van der Waals surface area contributed by atoms with E-state index in [2.05, 4.69) is 9.68 Å². The first-order valence-electron chi connectivity index (χ1n) is 3.68. The summed E-state index contributed by atoms with van der Waals surface area (Å²) in [5.74, 6) is 1.37. The van der Waals surface area contributed by atoms with Crippen molar-refractivity contribution in [2.75, 3.05) is 18.2 Å². The summed E-state index contributed by atoms with van der Waals surface area (Å²) in [6, 6.07) is 0. The van der Waals surface area contributed by atoms with E-state index in [1.807, 2.05) is 0 Å². The number of hydrogen-bond donors (Lipinski definition) is 0. The first-order valence-corrected chi connectivity index (χ1v) is 6.28. The zero-order valence-corrected chi connectivity index (χ0v) is 8.34. The highest BCUT2D eigenvalue weighted by Crippen LogP contribution is 2.22. The summed E-state index contributed by atoms with van der Waals surface area (Å²) in [5.41, 5.74) is 0. The molecule has 1 fully saturated rings. The Morgan fingerprint density at radius 3 is 3.00 bits per heavy atom. The summed E-state index contributed by atoms with van der Waals surface area (Å²) in [6.07, 6.45) is 2.37. The molecule has 0 N–H and O–H groups in total. The Bertz CT molecular complexity index is 367. The first-order chi connectivity index (χ1) is 6.21. The monoisotopic (exact) mass is 220 g/mol. The Morgan fingerprint density at radius 1 is 1.62 bits per heavy atom. The van der Waals surface area contributed by atoms with Crippen molar-refractivity contribution in [1.82, 2.24) is 9.46 Å². The third kappa shape index (κ3) is 1.59. The summed E-state index contributed by atoms with van der Waals surface area (Å²) >= 11 is 1.60. The average molecular weight is 220 g/mol. The lowest BCUT2D eigenvalue weighted by atomic mass is 10.8. The fourth-order valence-electron chi connectivity index (χ4n) is 1.06. The smallest absolute Gasteiger partial charge is 0.248 e. The van der Waals surface area contributed by atoms with Crippen LogP contribution in [-0.2, 0) is 10.0 Å². The lowest BCUT2D eigenvalue weighted by molar-refractivity contribution is 0.416. The van der Waals surface area contributed by atoms with Crippen molar-refractivity contribution < 1.29 is 12.9 Å². The van der Waals surface area contributed by atoms with Crippen molar-refractivity contribution in [3.8, 4) is 0 Å². The molecule has 0 unspecified atom stereocenters. The van der Waals surface area contributed by atoms with Crippen molar-refractivity contribution in [2.45, 2.75) is 4.90 Å². The highest BCUT2D eigenvalue weighted by molar-refractivity contribution is 8.00. The molecule has 0 aromatic carbocycles. The van der Waals surface area contributed by atoms with Crippen molar-refractivity contribution in [2.24, 2.45) is 0 Å². The predicted octanol–water partition coefficient (Wildman–Crippen LogP) is 0.370. The number of thioether (sulfide) groups is 1. The SMILES string of the molecule is O=S(=O)(c1cnoc1)N1CCSC1. The Hall–Kier alpha value is -0.530. The molecule has 1 aliphatic rings. The van der Waals surface area contributed by atoms with Gasteiger partial charge in [0.2, 0.25) is 10.0 Å². The molecule has 0 saturated carbocycles. The van der Waals surface area contributed by atoms with Gasteiger partial charge in [0.25, 0.3) is 0 Å². The van der Waals surface area contributed by atoms with Crippen molar-refractivity contribution in [1.29, 1.82) is 0 Å². The quantitative estimate of drug-likeness (QED) is 0.720. The maximum absolute atomic E-state index is 11.7. The van der Waals surface area contributed by atoms with Crippen LogP contribution < -0.4 is 0 Å². The molecule has 7 heteroatoms. The van der Waals surface area contributed by atoms with Gasteiger partial charge < -0.3 is 4.52 Å². The molecule has 2 rings (SSSR count). The lowest BCUT2D eigenvalue weighted by Crippen LogP contribution is -2.27. The van der Waals surface area contributed by atoms with Gasteiger partial charge in [-0.3, -0.25) is 0 Å². The van der Waals surface area contributed by atoms with Crippen LogP contribution in [0.4, 0.5) is 0 Å². The molecular weight excluding hydrogens is 212 g/mol. The standard InChI is InChI=1S/C6H8N2O3S2/c9-13(10,6-3-7-11-4-6)8-1-2-12-5-8/h3-4H,1-2,5H2. The van der Waals surface area contributed by atoms with E-state index in [1.165, 1.54) is 10.5 Å². The molecule has 2 heterocycles. The van der Waals surface area contributed by atoms with Crippen LogP contribution in [0.25, 0.3) is 0 Å². The molecule has 5 nitrogen and oxygen atoms in total.